The van der Waals surface area contributed by atoms with Crippen LogP contribution < -0.4 is 5.14 Å². The van der Waals surface area contributed by atoms with Crippen molar-refractivity contribution >= 4 is 11.4 Å². The summed E-state index contributed by atoms with van der Waals surface area (Å²) in [7, 11) is 1.68. The van der Waals surface area contributed by atoms with E-state index in [0.717, 1.165) is 25.0 Å². The molecule has 0 radical (unpaired) electrons. The number of hydrogen-bond acceptors (Lipinski definition) is 3. The zero-order valence-electron chi connectivity index (χ0n) is 9.34. The van der Waals surface area contributed by atoms with Gasteiger partial charge in [0.1, 0.15) is 4.75 Å². The minimum atomic E-state index is -1.30. The van der Waals surface area contributed by atoms with Crippen molar-refractivity contribution in [3.8, 4) is 0 Å². The highest BCUT2D eigenvalue weighted by Crippen LogP contribution is 2.24. The molecule has 0 fully saturated rings. The Morgan fingerprint density at radius 2 is 2.14 bits per heavy atom. The molecule has 0 spiro atoms. The Morgan fingerprint density at radius 3 is 2.57 bits per heavy atom. The molecule has 0 aromatic carbocycles. The van der Waals surface area contributed by atoms with Gasteiger partial charge >= 0.3 is 0 Å². The minimum Gasteiger partial charge on any atom is -0.598 e. The third kappa shape index (κ3) is 5.65. The molecule has 0 aromatic rings. The summed E-state index contributed by atoms with van der Waals surface area (Å²) in [6.07, 6.45) is 2.58. The van der Waals surface area contributed by atoms with Crippen LogP contribution >= 0.6 is 0 Å². The first-order chi connectivity index (χ1) is 6.40. The van der Waals surface area contributed by atoms with E-state index >= 15 is 0 Å². The van der Waals surface area contributed by atoms with Crippen molar-refractivity contribution in [3.63, 3.8) is 0 Å². The number of rotatable bonds is 7. The van der Waals surface area contributed by atoms with Crippen LogP contribution in [0.3, 0.4) is 0 Å². The topological polar surface area (TPSA) is 58.3 Å². The van der Waals surface area contributed by atoms with Gasteiger partial charge in [0.25, 0.3) is 0 Å². The maximum absolute atomic E-state index is 11.2. The Kier molecular flexibility index (Phi) is 6.44. The first kappa shape index (κ1) is 14.0. The molecule has 4 heteroatoms. The van der Waals surface area contributed by atoms with Gasteiger partial charge in [-0.1, -0.05) is 12.2 Å². The van der Waals surface area contributed by atoms with Crippen LogP contribution in [0.4, 0.5) is 0 Å². The van der Waals surface area contributed by atoms with Crippen LogP contribution in [0.2, 0.25) is 0 Å². The molecule has 0 heterocycles. The van der Waals surface area contributed by atoms with Crippen LogP contribution in [0.15, 0.2) is 12.2 Å². The first-order valence-electron chi connectivity index (χ1n) is 4.72. The number of hydrogen-bond donors (Lipinski definition) is 1. The van der Waals surface area contributed by atoms with Crippen molar-refractivity contribution in [1.29, 1.82) is 0 Å². The van der Waals surface area contributed by atoms with Gasteiger partial charge in [-0.15, -0.1) is 0 Å². The minimum absolute atomic E-state index is 0.371. The van der Waals surface area contributed by atoms with Gasteiger partial charge in [-0.3, -0.25) is 0 Å². The number of allylic oxidation sites excluding steroid dienone is 1. The van der Waals surface area contributed by atoms with E-state index < -0.39 is 11.4 Å². The van der Waals surface area contributed by atoms with E-state index in [0.29, 0.717) is 6.42 Å². The van der Waals surface area contributed by atoms with Gasteiger partial charge in [-0.2, -0.15) is 5.14 Å². The lowest BCUT2D eigenvalue weighted by Gasteiger charge is -2.25. The third-order valence-corrected chi connectivity index (χ3v) is 3.33. The van der Waals surface area contributed by atoms with Gasteiger partial charge in [-0.25, -0.2) is 0 Å². The number of ether oxygens (including phenoxy) is 1. The van der Waals surface area contributed by atoms with Crippen LogP contribution in [-0.2, 0) is 16.1 Å². The molecule has 0 aliphatic carbocycles. The Balaban J connectivity index is 3.82. The third-order valence-electron chi connectivity index (χ3n) is 2.10. The van der Waals surface area contributed by atoms with Crippen molar-refractivity contribution in [1.82, 2.24) is 0 Å². The molecule has 0 aliphatic heterocycles. The Labute approximate surface area is 90.0 Å². The van der Waals surface area contributed by atoms with Crippen LogP contribution in [0, 0.1) is 0 Å². The molecule has 1 unspecified atom stereocenters. The molecule has 3 nitrogen and oxygen atoms in total. The van der Waals surface area contributed by atoms with Crippen molar-refractivity contribution in [2.45, 2.75) is 37.9 Å². The quantitative estimate of drug-likeness (QED) is 0.403. The summed E-state index contributed by atoms with van der Waals surface area (Å²) in [6, 6.07) is 0. The smallest absolute Gasteiger partial charge is 0.143 e. The molecule has 2 N–H and O–H groups in total. The van der Waals surface area contributed by atoms with Crippen LogP contribution in [-0.4, -0.2) is 23.0 Å². The van der Waals surface area contributed by atoms with Gasteiger partial charge in [-0.05, 0) is 26.7 Å². The summed E-state index contributed by atoms with van der Waals surface area (Å²) in [6.45, 7) is 8.48. The highest BCUT2D eigenvalue weighted by atomic mass is 32.2. The summed E-state index contributed by atoms with van der Waals surface area (Å²) in [5, 5.41) is 5.38. The molecular formula is C10H21NO2S. The molecule has 14 heavy (non-hydrogen) atoms. The highest BCUT2D eigenvalue weighted by Gasteiger charge is 2.30. The Hall–Kier alpha value is -0.0300. The van der Waals surface area contributed by atoms with Crippen molar-refractivity contribution in [2.24, 2.45) is 5.14 Å². The van der Waals surface area contributed by atoms with Crippen molar-refractivity contribution in [2.75, 3.05) is 13.7 Å². The normalized spacial score (nSPS) is 14.1. The maximum atomic E-state index is 11.2. The molecule has 0 rings (SSSR count). The summed E-state index contributed by atoms with van der Waals surface area (Å²) in [5.41, 5.74) is 1.09. The molecule has 0 aliphatic rings. The fourth-order valence-corrected chi connectivity index (χ4v) is 1.57. The number of methoxy groups -OCH3 is 1. The molecule has 0 bridgehead atoms. The maximum Gasteiger partial charge on any atom is 0.143 e. The van der Waals surface area contributed by atoms with Crippen molar-refractivity contribution < 1.29 is 9.29 Å². The van der Waals surface area contributed by atoms with E-state index in [9.17, 15) is 4.55 Å². The van der Waals surface area contributed by atoms with Gasteiger partial charge in [0.05, 0.1) is 0 Å². The standard InChI is InChI=1S/C10H21NO2S/c1-9(6-5-7-13-4)8-10(2,3)14(11)12/h1,5-8,11H2,2-4H3. The Bertz CT molecular complexity index is 181. The van der Waals surface area contributed by atoms with Crippen LogP contribution in [0.5, 0.6) is 0 Å². The summed E-state index contributed by atoms with van der Waals surface area (Å²) in [4.78, 5) is 0. The molecule has 0 saturated heterocycles. The van der Waals surface area contributed by atoms with E-state index in [4.69, 9.17) is 9.88 Å². The lowest BCUT2D eigenvalue weighted by Crippen LogP contribution is -2.38. The van der Waals surface area contributed by atoms with Gasteiger partial charge in [0.15, 0.2) is 0 Å². The van der Waals surface area contributed by atoms with E-state index in [1.54, 1.807) is 7.11 Å². The largest absolute Gasteiger partial charge is 0.598 e. The van der Waals surface area contributed by atoms with Crippen LogP contribution in [0.25, 0.3) is 0 Å². The van der Waals surface area contributed by atoms with Gasteiger partial charge in [0.2, 0.25) is 0 Å². The zero-order valence-corrected chi connectivity index (χ0v) is 10.2. The predicted molar refractivity (Wildman–Crippen MR) is 61.3 cm³/mol. The summed E-state index contributed by atoms with van der Waals surface area (Å²) >= 11 is -1.30. The lowest BCUT2D eigenvalue weighted by molar-refractivity contribution is 0.195. The molecule has 0 aromatic heterocycles. The molecule has 0 saturated carbocycles. The zero-order chi connectivity index (χ0) is 11.2. The monoisotopic (exact) mass is 219 g/mol. The predicted octanol–water partition coefficient (Wildman–Crippen LogP) is 1.76. The van der Waals surface area contributed by atoms with E-state index in [1.165, 1.54) is 0 Å². The summed E-state index contributed by atoms with van der Waals surface area (Å²) in [5.74, 6) is 0. The molecular weight excluding hydrogens is 198 g/mol. The second-order valence-corrected chi connectivity index (χ2v) is 5.78. The summed E-state index contributed by atoms with van der Waals surface area (Å²) < 4.78 is 15.7. The Morgan fingerprint density at radius 1 is 1.57 bits per heavy atom. The SMILES string of the molecule is C=C(CCCOC)CC(C)(C)[S+](N)[O-]. The van der Waals surface area contributed by atoms with Gasteiger partial charge < -0.3 is 9.29 Å². The van der Waals surface area contributed by atoms with E-state index in [1.807, 2.05) is 13.8 Å². The molecule has 1 atom stereocenters. The van der Waals surface area contributed by atoms with Crippen molar-refractivity contribution in [3.05, 3.63) is 12.2 Å². The fraction of sp³-hybridized carbons (Fsp3) is 0.800. The van der Waals surface area contributed by atoms with E-state index in [-0.39, 0.29) is 4.75 Å². The van der Waals surface area contributed by atoms with Crippen LogP contribution in [0.1, 0.15) is 33.1 Å². The second-order valence-electron chi connectivity index (χ2n) is 4.08. The highest BCUT2D eigenvalue weighted by molar-refractivity contribution is 7.90. The van der Waals surface area contributed by atoms with E-state index in [2.05, 4.69) is 6.58 Å². The average molecular weight is 219 g/mol. The molecule has 0 amide bonds. The number of nitrogens with two attached hydrogens (primary N) is 1. The second kappa shape index (κ2) is 6.45. The average Bonchev–Trinajstić information content (AvgIpc) is 2.03. The van der Waals surface area contributed by atoms with Gasteiger partial charge in [0, 0.05) is 31.5 Å². The lowest BCUT2D eigenvalue weighted by atomic mass is 10.00. The first-order valence-corrected chi connectivity index (χ1v) is 5.93. The molecule has 84 valence electrons. The fourth-order valence-electron chi connectivity index (χ4n) is 1.23.